The van der Waals surface area contributed by atoms with Gasteiger partial charge in [0, 0.05) is 13.1 Å². The summed E-state index contributed by atoms with van der Waals surface area (Å²) in [5, 5.41) is 9.06. The van der Waals surface area contributed by atoms with Gasteiger partial charge in [0.15, 0.2) is 0 Å². The first-order valence-electron chi connectivity index (χ1n) is 7.89. The number of carbonyl (C=O) groups is 1. The van der Waals surface area contributed by atoms with Crippen LogP contribution < -0.4 is 0 Å². The number of benzene rings is 2. The third-order valence-electron chi connectivity index (χ3n) is 4.39. The van der Waals surface area contributed by atoms with Crippen molar-refractivity contribution in [3.8, 4) is 0 Å². The van der Waals surface area contributed by atoms with Gasteiger partial charge in [-0.1, -0.05) is 24.3 Å². The lowest BCUT2D eigenvalue weighted by Crippen LogP contribution is -2.20. The Kier molecular flexibility index (Phi) is 4.72. The Bertz CT molecular complexity index is 684. The second-order valence-electron chi connectivity index (χ2n) is 6.23. The van der Waals surface area contributed by atoms with E-state index < -0.39 is 5.97 Å². The van der Waals surface area contributed by atoms with E-state index >= 15 is 0 Å². The van der Waals surface area contributed by atoms with Gasteiger partial charge in [0.25, 0.3) is 0 Å². The van der Waals surface area contributed by atoms with Gasteiger partial charge in [-0.15, -0.1) is 0 Å². The van der Waals surface area contributed by atoms with Gasteiger partial charge in [-0.2, -0.15) is 0 Å². The fraction of sp³-hybridized carbons (Fsp3) is 0.316. The van der Waals surface area contributed by atoms with E-state index in [1.807, 2.05) is 18.2 Å². The number of hydrogen-bond acceptors (Lipinski definition) is 2. The van der Waals surface area contributed by atoms with Crippen molar-refractivity contribution in [1.82, 2.24) is 4.90 Å². The van der Waals surface area contributed by atoms with Crippen molar-refractivity contribution in [1.29, 1.82) is 0 Å². The maximum atomic E-state index is 12.9. The minimum atomic E-state index is -0.887. The predicted molar refractivity (Wildman–Crippen MR) is 86.9 cm³/mol. The molecule has 0 spiro atoms. The maximum Gasteiger partial charge on any atom is 0.335 e. The largest absolute Gasteiger partial charge is 0.478 e. The van der Waals surface area contributed by atoms with Gasteiger partial charge in [0.05, 0.1) is 5.56 Å². The smallest absolute Gasteiger partial charge is 0.335 e. The number of nitrogens with zero attached hydrogens (tertiary/aromatic N) is 1. The van der Waals surface area contributed by atoms with E-state index in [4.69, 9.17) is 5.11 Å². The van der Waals surface area contributed by atoms with Crippen molar-refractivity contribution >= 4 is 5.97 Å². The topological polar surface area (TPSA) is 40.5 Å². The lowest BCUT2D eigenvalue weighted by molar-refractivity contribution is 0.0696. The van der Waals surface area contributed by atoms with Crippen LogP contribution in [0.1, 0.15) is 27.9 Å². The second kappa shape index (κ2) is 6.92. The summed E-state index contributed by atoms with van der Waals surface area (Å²) >= 11 is 0. The summed E-state index contributed by atoms with van der Waals surface area (Å²) in [5.74, 6) is -0.509. The van der Waals surface area contributed by atoms with Crippen LogP contribution in [0.4, 0.5) is 4.39 Å². The molecule has 1 atom stereocenters. The minimum absolute atomic E-state index is 0.194. The molecule has 120 valence electrons. The molecule has 1 fully saturated rings. The number of aromatic carboxylic acids is 1. The maximum absolute atomic E-state index is 12.9. The molecule has 23 heavy (non-hydrogen) atoms. The van der Waals surface area contributed by atoms with E-state index in [1.165, 1.54) is 17.7 Å². The van der Waals surface area contributed by atoms with Crippen LogP contribution in [0.25, 0.3) is 0 Å². The Morgan fingerprint density at radius 3 is 2.70 bits per heavy atom. The molecule has 0 saturated carbocycles. The highest BCUT2D eigenvalue weighted by Crippen LogP contribution is 2.23. The zero-order chi connectivity index (χ0) is 16.2. The predicted octanol–water partition coefficient (Wildman–Crippen LogP) is 3.59. The van der Waals surface area contributed by atoms with Crippen LogP contribution in [-0.2, 0) is 13.0 Å². The molecule has 2 aromatic rings. The Hall–Kier alpha value is -2.20. The molecule has 0 aliphatic carbocycles. The zero-order valence-electron chi connectivity index (χ0n) is 12.9. The Morgan fingerprint density at radius 2 is 1.96 bits per heavy atom. The van der Waals surface area contributed by atoms with E-state index in [0.717, 1.165) is 38.0 Å². The summed E-state index contributed by atoms with van der Waals surface area (Å²) in [6, 6.07) is 13.9. The van der Waals surface area contributed by atoms with Gasteiger partial charge < -0.3 is 5.11 Å². The molecule has 1 aliphatic heterocycles. The van der Waals surface area contributed by atoms with Gasteiger partial charge in [-0.3, -0.25) is 4.90 Å². The monoisotopic (exact) mass is 313 g/mol. The molecule has 1 N–H and O–H groups in total. The third kappa shape index (κ3) is 4.17. The number of rotatable bonds is 5. The van der Waals surface area contributed by atoms with Gasteiger partial charge in [-0.25, -0.2) is 9.18 Å². The molecule has 1 heterocycles. The summed E-state index contributed by atoms with van der Waals surface area (Å²) in [6.07, 6.45) is 2.09. The average Bonchev–Trinajstić information content (AvgIpc) is 2.97. The zero-order valence-corrected chi connectivity index (χ0v) is 12.9. The molecule has 3 nitrogen and oxygen atoms in total. The number of hydrogen-bond donors (Lipinski definition) is 1. The van der Waals surface area contributed by atoms with E-state index in [-0.39, 0.29) is 5.82 Å². The minimum Gasteiger partial charge on any atom is -0.478 e. The molecular formula is C19H20FNO2. The highest BCUT2D eigenvalue weighted by Gasteiger charge is 2.22. The van der Waals surface area contributed by atoms with E-state index in [1.54, 1.807) is 18.2 Å². The second-order valence-corrected chi connectivity index (χ2v) is 6.23. The molecule has 1 unspecified atom stereocenters. The first-order chi connectivity index (χ1) is 11.1. The Balaban J connectivity index is 1.56. The fourth-order valence-corrected chi connectivity index (χ4v) is 3.24. The van der Waals surface area contributed by atoms with Crippen LogP contribution in [0.3, 0.4) is 0 Å². The van der Waals surface area contributed by atoms with Gasteiger partial charge in [0.2, 0.25) is 0 Å². The summed E-state index contributed by atoms with van der Waals surface area (Å²) < 4.78 is 12.9. The molecule has 0 bridgehead atoms. The van der Waals surface area contributed by atoms with E-state index in [0.29, 0.717) is 11.5 Å². The Labute approximate surface area is 135 Å². The molecule has 0 radical (unpaired) electrons. The van der Waals surface area contributed by atoms with Crippen molar-refractivity contribution in [2.75, 3.05) is 13.1 Å². The van der Waals surface area contributed by atoms with Crippen LogP contribution in [0, 0.1) is 11.7 Å². The van der Waals surface area contributed by atoms with Crippen LogP contribution in [0.15, 0.2) is 48.5 Å². The standard InChI is InChI=1S/C19H20FNO2/c20-18-6-4-14(5-7-18)10-16-8-9-21(13-16)12-15-2-1-3-17(11-15)19(22)23/h1-7,11,16H,8-10,12-13H2,(H,22,23). The quantitative estimate of drug-likeness (QED) is 0.917. The highest BCUT2D eigenvalue weighted by atomic mass is 19.1. The molecular weight excluding hydrogens is 293 g/mol. The van der Waals surface area contributed by atoms with Crippen LogP contribution >= 0.6 is 0 Å². The van der Waals surface area contributed by atoms with E-state index in [9.17, 15) is 9.18 Å². The number of likely N-dealkylation sites (tertiary alicyclic amines) is 1. The molecule has 0 amide bonds. The van der Waals surface area contributed by atoms with Crippen molar-refractivity contribution in [2.24, 2.45) is 5.92 Å². The van der Waals surface area contributed by atoms with Crippen molar-refractivity contribution < 1.29 is 14.3 Å². The third-order valence-corrected chi connectivity index (χ3v) is 4.39. The Morgan fingerprint density at radius 1 is 1.17 bits per heavy atom. The highest BCUT2D eigenvalue weighted by molar-refractivity contribution is 5.87. The van der Waals surface area contributed by atoms with Crippen LogP contribution in [0.2, 0.25) is 0 Å². The molecule has 4 heteroatoms. The fourth-order valence-electron chi connectivity index (χ4n) is 3.24. The lowest BCUT2D eigenvalue weighted by Gasteiger charge is -2.16. The number of carboxylic acid groups (broad SMARTS) is 1. The van der Waals surface area contributed by atoms with Crippen LogP contribution in [-0.4, -0.2) is 29.1 Å². The molecule has 0 aromatic heterocycles. The average molecular weight is 313 g/mol. The molecule has 1 saturated heterocycles. The van der Waals surface area contributed by atoms with Gasteiger partial charge in [-0.05, 0) is 60.7 Å². The summed E-state index contributed by atoms with van der Waals surface area (Å²) in [4.78, 5) is 13.4. The summed E-state index contributed by atoms with van der Waals surface area (Å²) in [5.41, 5.74) is 2.54. The van der Waals surface area contributed by atoms with Crippen molar-refractivity contribution in [3.63, 3.8) is 0 Å². The summed E-state index contributed by atoms with van der Waals surface area (Å²) in [6.45, 7) is 2.79. The normalized spacial score (nSPS) is 18.2. The summed E-state index contributed by atoms with van der Waals surface area (Å²) in [7, 11) is 0. The van der Waals surface area contributed by atoms with Crippen molar-refractivity contribution in [3.05, 3.63) is 71.0 Å². The molecule has 2 aromatic carbocycles. The van der Waals surface area contributed by atoms with Gasteiger partial charge >= 0.3 is 5.97 Å². The first-order valence-corrected chi connectivity index (χ1v) is 7.89. The number of halogens is 1. The lowest BCUT2D eigenvalue weighted by atomic mass is 9.99. The SMILES string of the molecule is O=C(O)c1cccc(CN2CCC(Cc3ccc(F)cc3)C2)c1. The van der Waals surface area contributed by atoms with Crippen molar-refractivity contribution in [2.45, 2.75) is 19.4 Å². The number of carboxylic acids is 1. The van der Waals surface area contributed by atoms with E-state index in [2.05, 4.69) is 4.90 Å². The first kappa shape index (κ1) is 15.7. The van der Waals surface area contributed by atoms with Crippen LogP contribution in [0.5, 0.6) is 0 Å². The molecule has 1 aliphatic rings. The van der Waals surface area contributed by atoms with Gasteiger partial charge in [0.1, 0.15) is 5.82 Å². The molecule has 3 rings (SSSR count).